The number of amides is 3. The van der Waals surface area contributed by atoms with E-state index in [1.54, 1.807) is 49.4 Å². The largest absolute Gasteiger partial charge is 0.495 e. The van der Waals surface area contributed by atoms with Gasteiger partial charge in [0.2, 0.25) is 5.91 Å². The fourth-order valence-electron chi connectivity index (χ4n) is 2.37. The molecular formula is C20H23N3O6. The second-order valence-electron chi connectivity index (χ2n) is 5.81. The van der Waals surface area contributed by atoms with Crippen LogP contribution in [0.15, 0.2) is 42.5 Å². The number of hydrogen-bond donors (Lipinski definition) is 3. The van der Waals surface area contributed by atoms with Crippen LogP contribution in [-0.2, 0) is 14.3 Å². The molecule has 0 saturated carbocycles. The van der Waals surface area contributed by atoms with Gasteiger partial charge in [-0.25, -0.2) is 4.79 Å². The molecule has 29 heavy (non-hydrogen) atoms. The van der Waals surface area contributed by atoms with Gasteiger partial charge in [-0.15, -0.1) is 0 Å². The normalized spacial score (nSPS) is 9.90. The van der Waals surface area contributed by atoms with Gasteiger partial charge in [-0.3, -0.25) is 14.9 Å². The predicted octanol–water partition coefficient (Wildman–Crippen LogP) is 3.24. The molecule has 0 aliphatic carbocycles. The van der Waals surface area contributed by atoms with Gasteiger partial charge in [-0.05, 0) is 37.3 Å². The number of carbonyl (C=O) groups excluding carboxylic acids is 3. The zero-order chi connectivity index (χ0) is 21.2. The van der Waals surface area contributed by atoms with Crippen LogP contribution in [0, 0.1) is 0 Å². The highest BCUT2D eigenvalue weighted by Gasteiger charge is 2.11. The Balaban J connectivity index is 1.98. The SMILES string of the molecule is CCOC(=O)Nc1cccc(OCC(=O)Nc2cc(NC(C)=O)ccc2OC)c1. The van der Waals surface area contributed by atoms with Crippen LogP contribution in [0.2, 0.25) is 0 Å². The first-order chi connectivity index (χ1) is 13.9. The molecule has 0 heterocycles. The zero-order valence-corrected chi connectivity index (χ0v) is 16.4. The lowest BCUT2D eigenvalue weighted by molar-refractivity contribution is -0.118. The van der Waals surface area contributed by atoms with E-state index >= 15 is 0 Å². The summed E-state index contributed by atoms with van der Waals surface area (Å²) in [4.78, 5) is 34.9. The van der Waals surface area contributed by atoms with Crippen molar-refractivity contribution in [2.75, 3.05) is 36.3 Å². The third-order valence-electron chi connectivity index (χ3n) is 3.52. The summed E-state index contributed by atoms with van der Waals surface area (Å²) in [6.45, 7) is 3.09. The third kappa shape index (κ3) is 7.06. The number of benzene rings is 2. The van der Waals surface area contributed by atoms with Gasteiger partial charge >= 0.3 is 6.09 Å². The highest BCUT2D eigenvalue weighted by Crippen LogP contribution is 2.28. The number of nitrogens with one attached hydrogen (secondary N) is 3. The standard InChI is InChI=1S/C20H23N3O6/c1-4-28-20(26)22-14-6-5-7-16(10-14)29-12-19(25)23-17-11-15(21-13(2)24)8-9-18(17)27-3/h5-11H,4,12H2,1-3H3,(H,21,24)(H,22,26)(H,23,25). The van der Waals surface area contributed by atoms with Crippen molar-refractivity contribution in [3.63, 3.8) is 0 Å². The van der Waals surface area contributed by atoms with Gasteiger partial charge < -0.3 is 24.8 Å². The number of anilines is 3. The number of ether oxygens (including phenoxy) is 3. The molecule has 3 amide bonds. The van der Waals surface area contributed by atoms with Crippen molar-refractivity contribution in [3.8, 4) is 11.5 Å². The van der Waals surface area contributed by atoms with Crippen LogP contribution in [0.3, 0.4) is 0 Å². The maximum absolute atomic E-state index is 12.3. The van der Waals surface area contributed by atoms with Gasteiger partial charge in [0.1, 0.15) is 11.5 Å². The van der Waals surface area contributed by atoms with Gasteiger partial charge in [0.15, 0.2) is 6.61 Å². The molecule has 0 saturated heterocycles. The Morgan fingerprint density at radius 2 is 1.72 bits per heavy atom. The monoisotopic (exact) mass is 401 g/mol. The van der Waals surface area contributed by atoms with Crippen molar-refractivity contribution >= 4 is 35.0 Å². The maximum atomic E-state index is 12.3. The number of methoxy groups -OCH3 is 1. The van der Waals surface area contributed by atoms with Crippen LogP contribution in [0.5, 0.6) is 11.5 Å². The Morgan fingerprint density at radius 1 is 0.966 bits per heavy atom. The quantitative estimate of drug-likeness (QED) is 0.626. The minimum atomic E-state index is -0.575. The Labute approximate surface area is 168 Å². The summed E-state index contributed by atoms with van der Waals surface area (Å²) in [5, 5.41) is 7.87. The summed E-state index contributed by atoms with van der Waals surface area (Å²) in [6, 6.07) is 11.4. The lowest BCUT2D eigenvalue weighted by Gasteiger charge is -2.13. The lowest BCUT2D eigenvalue weighted by atomic mass is 10.2. The first-order valence-corrected chi connectivity index (χ1v) is 8.83. The van der Waals surface area contributed by atoms with Crippen LogP contribution in [0.25, 0.3) is 0 Å². The van der Waals surface area contributed by atoms with Crippen LogP contribution in [0.1, 0.15) is 13.8 Å². The topological polar surface area (TPSA) is 115 Å². The van der Waals surface area contributed by atoms with Gasteiger partial charge in [-0.1, -0.05) is 6.07 Å². The van der Waals surface area contributed by atoms with Crippen molar-refractivity contribution in [2.24, 2.45) is 0 Å². The van der Waals surface area contributed by atoms with E-state index in [9.17, 15) is 14.4 Å². The Morgan fingerprint density at radius 3 is 2.41 bits per heavy atom. The molecule has 0 unspecified atom stereocenters. The van der Waals surface area contributed by atoms with Crippen LogP contribution < -0.4 is 25.4 Å². The maximum Gasteiger partial charge on any atom is 0.411 e. The second kappa shape index (κ2) is 10.5. The van der Waals surface area contributed by atoms with E-state index < -0.39 is 12.0 Å². The third-order valence-corrected chi connectivity index (χ3v) is 3.52. The van der Waals surface area contributed by atoms with Crippen molar-refractivity contribution in [1.29, 1.82) is 0 Å². The van der Waals surface area contributed by atoms with Gasteiger partial charge in [0, 0.05) is 24.4 Å². The molecule has 2 rings (SSSR count). The van der Waals surface area contributed by atoms with Crippen molar-refractivity contribution in [3.05, 3.63) is 42.5 Å². The Kier molecular flexibility index (Phi) is 7.84. The highest BCUT2D eigenvalue weighted by atomic mass is 16.5. The molecular weight excluding hydrogens is 378 g/mol. The first-order valence-electron chi connectivity index (χ1n) is 8.83. The molecule has 0 aliphatic heterocycles. The fraction of sp³-hybridized carbons (Fsp3) is 0.250. The first kappa shape index (κ1) is 21.5. The van der Waals surface area contributed by atoms with E-state index in [1.165, 1.54) is 14.0 Å². The number of carbonyl (C=O) groups is 3. The van der Waals surface area contributed by atoms with Crippen LogP contribution in [0.4, 0.5) is 21.9 Å². The van der Waals surface area contributed by atoms with Gasteiger partial charge in [0.25, 0.3) is 5.91 Å². The average Bonchev–Trinajstić information content (AvgIpc) is 2.66. The molecule has 2 aromatic carbocycles. The summed E-state index contributed by atoms with van der Waals surface area (Å²) < 4.78 is 15.5. The zero-order valence-electron chi connectivity index (χ0n) is 16.4. The summed E-state index contributed by atoms with van der Waals surface area (Å²) >= 11 is 0. The van der Waals surface area contributed by atoms with E-state index in [1.807, 2.05) is 0 Å². The van der Waals surface area contributed by atoms with Crippen molar-refractivity contribution in [2.45, 2.75) is 13.8 Å². The molecule has 0 fully saturated rings. The number of rotatable bonds is 8. The summed E-state index contributed by atoms with van der Waals surface area (Å²) in [5.74, 6) is 0.181. The highest BCUT2D eigenvalue weighted by molar-refractivity contribution is 5.95. The van der Waals surface area contributed by atoms with E-state index in [0.29, 0.717) is 28.6 Å². The second-order valence-corrected chi connectivity index (χ2v) is 5.81. The van der Waals surface area contributed by atoms with Crippen LogP contribution >= 0.6 is 0 Å². The lowest BCUT2D eigenvalue weighted by Crippen LogP contribution is -2.21. The molecule has 2 aromatic rings. The van der Waals surface area contributed by atoms with E-state index in [-0.39, 0.29) is 19.1 Å². The number of hydrogen-bond acceptors (Lipinski definition) is 6. The van der Waals surface area contributed by atoms with E-state index in [2.05, 4.69) is 16.0 Å². The molecule has 0 atom stereocenters. The summed E-state index contributed by atoms with van der Waals surface area (Å²) in [6.07, 6.45) is -0.575. The van der Waals surface area contributed by atoms with Gasteiger partial charge in [-0.2, -0.15) is 0 Å². The molecule has 9 nitrogen and oxygen atoms in total. The summed E-state index contributed by atoms with van der Waals surface area (Å²) in [7, 11) is 1.47. The molecule has 0 aromatic heterocycles. The van der Waals surface area contributed by atoms with Gasteiger partial charge in [0.05, 0.1) is 19.4 Å². The molecule has 154 valence electrons. The minimum Gasteiger partial charge on any atom is -0.495 e. The summed E-state index contributed by atoms with van der Waals surface area (Å²) in [5.41, 5.74) is 1.39. The Bertz CT molecular complexity index is 884. The fourth-order valence-corrected chi connectivity index (χ4v) is 2.37. The molecule has 0 spiro atoms. The van der Waals surface area contributed by atoms with Crippen molar-refractivity contribution < 1.29 is 28.6 Å². The minimum absolute atomic E-state index is 0.230. The molecule has 9 heteroatoms. The Hall–Kier alpha value is -3.75. The molecule has 3 N–H and O–H groups in total. The van der Waals surface area contributed by atoms with Crippen LogP contribution in [-0.4, -0.2) is 38.2 Å². The van der Waals surface area contributed by atoms with E-state index in [0.717, 1.165) is 0 Å². The molecule has 0 aliphatic rings. The molecule has 0 bridgehead atoms. The smallest absolute Gasteiger partial charge is 0.411 e. The average molecular weight is 401 g/mol. The van der Waals surface area contributed by atoms with E-state index in [4.69, 9.17) is 14.2 Å². The van der Waals surface area contributed by atoms with Crippen molar-refractivity contribution in [1.82, 2.24) is 0 Å². The molecule has 0 radical (unpaired) electrons. The predicted molar refractivity (Wildman–Crippen MR) is 109 cm³/mol.